The number of carbonyl (C=O) groups is 1. The van der Waals surface area contributed by atoms with Crippen molar-refractivity contribution >= 4 is 35.8 Å². The average Bonchev–Trinajstić information content (AvgIpc) is 2.74. The number of guanidine groups is 1. The molecule has 30 heavy (non-hydrogen) atoms. The maximum atomic E-state index is 12.6. The molecule has 0 fully saturated rings. The van der Waals surface area contributed by atoms with Gasteiger partial charge < -0.3 is 15.5 Å². The van der Waals surface area contributed by atoms with Crippen molar-refractivity contribution in [3.8, 4) is 0 Å². The second-order valence-corrected chi connectivity index (χ2v) is 7.55. The van der Waals surface area contributed by atoms with Crippen LogP contribution in [-0.4, -0.2) is 36.4 Å². The molecule has 1 aliphatic rings. The fraction of sp³-hybridized carbons (Fsp3) is 0.417. The van der Waals surface area contributed by atoms with E-state index in [2.05, 4.69) is 78.0 Å². The average molecular weight is 520 g/mol. The van der Waals surface area contributed by atoms with Crippen LogP contribution in [0.3, 0.4) is 0 Å². The van der Waals surface area contributed by atoms with E-state index >= 15 is 0 Å². The third kappa shape index (κ3) is 7.31. The van der Waals surface area contributed by atoms with Gasteiger partial charge in [-0.25, -0.2) is 4.99 Å². The van der Waals surface area contributed by atoms with Gasteiger partial charge in [-0.1, -0.05) is 54.1 Å². The molecule has 1 amide bonds. The van der Waals surface area contributed by atoms with Crippen LogP contribution in [0, 0.1) is 6.92 Å². The van der Waals surface area contributed by atoms with Gasteiger partial charge >= 0.3 is 0 Å². The maximum Gasteiger partial charge on any atom is 0.222 e. The molecule has 2 N–H and O–H groups in total. The molecule has 0 aliphatic carbocycles. The Balaban J connectivity index is 0.00000320. The van der Waals surface area contributed by atoms with Crippen LogP contribution in [0.2, 0.25) is 0 Å². The molecule has 3 rings (SSSR count). The molecule has 0 bridgehead atoms. The Hall–Kier alpha value is -2.09. The molecule has 0 spiro atoms. The van der Waals surface area contributed by atoms with Gasteiger partial charge in [-0.2, -0.15) is 0 Å². The van der Waals surface area contributed by atoms with Crippen molar-refractivity contribution in [2.24, 2.45) is 4.99 Å². The highest BCUT2D eigenvalue weighted by Gasteiger charge is 2.19. The van der Waals surface area contributed by atoms with Crippen LogP contribution >= 0.6 is 24.0 Å². The van der Waals surface area contributed by atoms with E-state index in [-0.39, 0.29) is 29.9 Å². The van der Waals surface area contributed by atoms with Gasteiger partial charge in [-0.15, -0.1) is 24.0 Å². The van der Waals surface area contributed by atoms with E-state index in [4.69, 9.17) is 0 Å². The lowest BCUT2D eigenvalue weighted by molar-refractivity contribution is -0.132. The molecule has 0 saturated heterocycles. The van der Waals surface area contributed by atoms with Gasteiger partial charge in [0, 0.05) is 32.6 Å². The van der Waals surface area contributed by atoms with E-state index in [1.165, 1.54) is 22.3 Å². The van der Waals surface area contributed by atoms with Crippen LogP contribution in [-0.2, 0) is 24.3 Å². The maximum absolute atomic E-state index is 12.6. The number of amides is 1. The summed E-state index contributed by atoms with van der Waals surface area (Å²) in [6.07, 6.45) is 2.31. The third-order valence-corrected chi connectivity index (χ3v) is 5.19. The van der Waals surface area contributed by atoms with Crippen LogP contribution in [0.25, 0.3) is 0 Å². The molecule has 162 valence electrons. The highest BCUT2D eigenvalue weighted by atomic mass is 127. The minimum Gasteiger partial charge on any atom is -0.357 e. The summed E-state index contributed by atoms with van der Waals surface area (Å²) in [6.45, 7) is 7.90. The van der Waals surface area contributed by atoms with Gasteiger partial charge in [0.25, 0.3) is 0 Å². The van der Waals surface area contributed by atoms with Crippen LogP contribution in [0.5, 0.6) is 0 Å². The standard InChI is InChI=1S/C24H32N4O.HI/c1-3-25-24(27-17-20-9-6-8-19(2)16-20)26-14-7-12-23(29)28-15-13-21-10-4-5-11-22(21)18-28;/h4-6,8-11,16H,3,7,12-15,17-18H2,1-2H3,(H2,25,26,27);1H. The van der Waals surface area contributed by atoms with E-state index < -0.39 is 0 Å². The van der Waals surface area contributed by atoms with Crippen LogP contribution in [0.15, 0.2) is 53.5 Å². The lowest BCUT2D eigenvalue weighted by Gasteiger charge is -2.29. The van der Waals surface area contributed by atoms with Crippen LogP contribution in [0.1, 0.15) is 42.0 Å². The zero-order chi connectivity index (χ0) is 20.5. The molecule has 6 heteroatoms. The van der Waals surface area contributed by atoms with E-state index in [0.717, 1.165) is 45.0 Å². The number of nitrogens with one attached hydrogen (secondary N) is 2. The summed E-state index contributed by atoms with van der Waals surface area (Å²) in [5.41, 5.74) is 5.10. The Morgan fingerprint density at radius 3 is 2.67 bits per heavy atom. The quantitative estimate of drug-likeness (QED) is 0.251. The Kier molecular flexibility index (Phi) is 10.1. The number of carbonyl (C=O) groups excluding carboxylic acids is 1. The SMILES string of the molecule is CCNC(=NCc1cccc(C)c1)NCCCC(=O)N1CCc2ccccc2C1.I. The van der Waals surface area contributed by atoms with Crippen molar-refractivity contribution in [3.63, 3.8) is 0 Å². The minimum absolute atomic E-state index is 0. The lowest BCUT2D eigenvalue weighted by Crippen LogP contribution is -2.39. The molecule has 1 aliphatic heterocycles. The summed E-state index contributed by atoms with van der Waals surface area (Å²) in [6, 6.07) is 16.8. The van der Waals surface area contributed by atoms with E-state index in [9.17, 15) is 4.79 Å². The summed E-state index contributed by atoms with van der Waals surface area (Å²) in [4.78, 5) is 19.2. The van der Waals surface area contributed by atoms with Crippen LogP contribution in [0.4, 0.5) is 0 Å². The molecule has 0 atom stereocenters. The van der Waals surface area contributed by atoms with Gasteiger partial charge in [0.2, 0.25) is 5.91 Å². The number of fused-ring (bicyclic) bond motifs is 1. The summed E-state index contributed by atoms with van der Waals surface area (Å²) in [7, 11) is 0. The summed E-state index contributed by atoms with van der Waals surface area (Å²) in [5, 5.41) is 6.62. The fourth-order valence-corrected chi connectivity index (χ4v) is 3.64. The molecule has 2 aromatic carbocycles. The zero-order valence-corrected chi connectivity index (χ0v) is 20.3. The first kappa shape index (κ1) is 24.2. The van der Waals surface area contributed by atoms with Crippen LogP contribution < -0.4 is 10.6 Å². The smallest absolute Gasteiger partial charge is 0.222 e. The predicted molar refractivity (Wildman–Crippen MR) is 134 cm³/mol. The number of benzene rings is 2. The number of nitrogens with zero attached hydrogens (tertiary/aromatic N) is 2. The highest BCUT2D eigenvalue weighted by molar-refractivity contribution is 14.0. The Morgan fingerprint density at radius 1 is 1.10 bits per heavy atom. The van der Waals surface area contributed by atoms with E-state index in [1.807, 2.05) is 4.90 Å². The number of aliphatic imine (C=N–C) groups is 1. The molecule has 5 nitrogen and oxygen atoms in total. The molecular formula is C24H33IN4O. The van der Waals surface area contributed by atoms with Gasteiger partial charge in [0.05, 0.1) is 6.54 Å². The molecular weight excluding hydrogens is 487 g/mol. The van der Waals surface area contributed by atoms with Crippen molar-refractivity contribution in [2.75, 3.05) is 19.6 Å². The monoisotopic (exact) mass is 520 g/mol. The molecule has 1 heterocycles. The topological polar surface area (TPSA) is 56.7 Å². The first-order valence-corrected chi connectivity index (χ1v) is 10.6. The number of hydrogen-bond donors (Lipinski definition) is 2. The predicted octanol–water partition coefficient (Wildman–Crippen LogP) is 4.03. The second-order valence-electron chi connectivity index (χ2n) is 7.55. The number of aryl methyl sites for hydroxylation is 1. The first-order valence-electron chi connectivity index (χ1n) is 10.6. The molecule has 0 aromatic heterocycles. The van der Waals surface area contributed by atoms with Crippen molar-refractivity contribution in [1.82, 2.24) is 15.5 Å². The Morgan fingerprint density at radius 2 is 1.90 bits per heavy atom. The summed E-state index contributed by atoms with van der Waals surface area (Å²) >= 11 is 0. The van der Waals surface area contributed by atoms with Gasteiger partial charge in [0.15, 0.2) is 5.96 Å². The Labute approximate surface area is 197 Å². The number of rotatable bonds is 7. The normalized spacial score (nSPS) is 13.3. The van der Waals surface area contributed by atoms with Gasteiger partial charge in [-0.3, -0.25) is 4.79 Å². The summed E-state index contributed by atoms with van der Waals surface area (Å²) in [5.74, 6) is 1.04. The van der Waals surface area contributed by atoms with Gasteiger partial charge in [0.1, 0.15) is 0 Å². The molecule has 0 unspecified atom stereocenters. The molecule has 0 saturated carbocycles. The highest BCUT2D eigenvalue weighted by Crippen LogP contribution is 2.19. The largest absolute Gasteiger partial charge is 0.357 e. The number of halogens is 1. The fourth-order valence-electron chi connectivity index (χ4n) is 3.64. The second kappa shape index (κ2) is 12.6. The van der Waals surface area contributed by atoms with Gasteiger partial charge in [-0.05, 0) is 43.4 Å². The van der Waals surface area contributed by atoms with E-state index in [0.29, 0.717) is 13.0 Å². The number of hydrogen-bond acceptors (Lipinski definition) is 2. The minimum atomic E-state index is 0. The Bertz CT molecular complexity index is 853. The van der Waals surface area contributed by atoms with Crippen molar-refractivity contribution < 1.29 is 4.79 Å². The third-order valence-electron chi connectivity index (χ3n) is 5.19. The zero-order valence-electron chi connectivity index (χ0n) is 18.0. The van der Waals surface area contributed by atoms with E-state index in [1.54, 1.807) is 0 Å². The lowest BCUT2D eigenvalue weighted by atomic mass is 9.99. The molecule has 0 radical (unpaired) electrons. The van der Waals surface area contributed by atoms with Crippen molar-refractivity contribution in [3.05, 3.63) is 70.8 Å². The summed E-state index contributed by atoms with van der Waals surface area (Å²) < 4.78 is 0. The van der Waals surface area contributed by atoms with Crippen molar-refractivity contribution in [2.45, 2.75) is 46.2 Å². The van der Waals surface area contributed by atoms with Crippen molar-refractivity contribution in [1.29, 1.82) is 0 Å². The first-order chi connectivity index (χ1) is 14.2. The molecule has 2 aromatic rings.